The van der Waals surface area contributed by atoms with Crippen molar-refractivity contribution in [1.82, 2.24) is 0 Å². The van der Waals surface area contributed by atoms with Gasteiger partial charge in [0.15, 0.2) is 24.4 Å². The van der Waals surface area contributed by atoms with Gasteiger partial charge in [-0.15, -0.1) is 0 Å². The lowest BCUT2D eigenvalue weighted by Crippen LogP contribution is -3.04. The van der Waals surface area contributed by atoms with Crippen LogP contribution in [0.3, 0.4) is 0 Å². The minimum atomic E-state index is -1.87. The molecule has 52 heavy (non-hydrogen) atoms. The smallest absolute Gasteiger partial charge is 0.317 e. The number of allylic oxidation sites excluding steroid dienone is 1. The Bertz CT molecular complexity index is 1830. The van der Waals surface area contributed by atoms with Gasteiger partial charge in [-0.3, -0.25) is 19.5 Å². The van der Waals surface area contributed by atoms with E-state index in [0.29, 0.717) is 36.1 Å². The number of rotatable bonds is 12. The van der Waals surface area contributed by atoms with Crippen molar-refractivity contribution >= 4 is 18.2 Å². The number of fused-ring (bicyclic) bond motifs is 6. The van der Waals surface area contributed by atoms with E-state index < -0.39 is 74.2 Å². The van der Waals surface area contributed by atoms with Crippen molar-refractivity contribution in [2.75, 3.05) is 27.1 Å². The largest absolute Gasteiger partial charge is 0.492 e. The molecule has 5 heterocycles. The fourth-order valence-corrected chi connectivity index (χ4v) is 7.21. The summed E-state index contributed by atoms with van der Waals surface area (Å²) in [4.78, 5) is 28.7. The van der Waals surface area contributed by atoms with E-state index in [4.69, 9.17) is 49.7 Å². The van der Waals surface area contributed by atoms with Crippen LogP contribution in [0.25, 0.3) is 0 Å². The SMILES string of the molecule is COc1c(OCO)ccc2c1O[C@H]1c3c(C[NH+]4C=C5N=CC=C5C4)cc(O[C@@H]4O[C@H]([C@H](OC(=O)CC(=O)O)C(N)N)[C@@H](O)[C@H](O)[C@H]4O)cc3OC[C@@H]21. The minimum absolute atomic E-state index is 0.158. The van der Waals surface area contributed by atoms with Crippen LogP contribution < -0.4 is 40.1 Å². The molecule has 5 aliphatic rings. The van der Waals surface area contributed by atoms with Gasteiger partial charge in [-0.05, 0) is 18.2 Å². The average molecular weight is 728 g/mol. The number of quaternary nitrogens is 1. The van der Waals surface area contributed by atoms with Crippen LogP contribution in [0.2, 0.25) is 0 Å². The summed E-state index contributed by atoms with van der Waals surface area (Å²) in [5.41, 5.74) is 15.9. The zero-order valence-electron chi connectivity index (χ0n) is 27.8. The van der Waals surface area contributed by atoms with Crippen LogP contribution in [0.1, 0.15) is 35.1 Å². The van der Waals surface area contributed by atoms with E-state index in [1.54, 1.807) is 24.4 Å². The molecule has 1 fully saturated rings. The van der Waals surface area contributed by atoms with Gasteiger partial charge in [0.05, 0.1) is 25.8 Å². The van der Waals surface area contributed by atoms with E-state index in [1.807, 2.05) is 18.3 Å². The molecule has 0 aromatic heterocycles. The van der Waals surface area contributed by atoms with Gasteiger partial charge in [0.25, 0.3) is 0 Å². The number of aliphatic hydroxyl groups is 4. The van der Waals surface area contributed by atoms with E-state index in [-0.39, 0.29) is 18.3 Å². The van der Waals surface area contributed by atoms with E-state index in [0.717, 1.165) is 32.9 Å². The van der Waals surface area contributed by atoms with Crippen molar-refractivity contribution in [3.05, 3.63) is 64.5 Å². The topological polar surface area (TPSA) is 269 Å². The van der Waals surface area contributed by atoms with Crippen LogP contribution in [0.5, 0.6) is 28.7 Å². The van der Waals surface area contributed by atoms with Crippen molar-refractivity contribution < 1.29 is 73.2 Å². The molecule has 0 spiro atoms. The number of nitrogens with one attached hydrogen (secondary N) is 1. The second-order valence-corrected chi connectivity index (χ2v) is 12.9. The lowest BCUT2D eigenvalue weighted by molar-refractivity contribution is -0.851. The van der Waals surface area contributed by atoms with E-state index in [1.165, 1.54) is 7.11 Å². The van der Waals surface area contributed by atoms with Gasteiger partial charge >= 0.3 is 11.9 Å². The lowest BCUT2D eigenvalue weighted by atomic mass is 9.86. The fourth-order valence-electron chi connectivity index (χ4n) is 7.21. The number of esters is 1. The van der Waals surface area contributed by atoms with Crippen LogP contribution in [-0.2, 0) is 25.6 Å². The lowest BCUT2D eigenvalue weighted by Gasteiger charge is -2.43. The first-order chi connectivity index (χ1) is 25.0. The normalized spacial score (nSPS) is 28.7. The molecule has 0 amide bonds. The zero-order valence-corrected chi connectivity index (χ0v) is 27.8. The van der Waals surface area contributed by atoms with Crippen molar-refractivity contribution in [3.63, 3.8) is 0 Å². The minimum Gasteiger partial charge on any atom is -0.492 e. The molecule has 2 aromatic carbocycles. The summed E-state index contributed by atoms with van der Waals surface area (Å²) >= 11 is 0. The van der Waals surface area contributed by atoms with Gasteiger partial charge in [-0.25, -0.2) is 0 Å². The van der Waals surface area contributed by atoms with Gasteiger partial charge in [0.2, 0.25) is 12.0 Å². The summed E-state index contributed by atoms with van der Waals surface area (Å²) in [6, 6.07) is 6.86. The van der Waals surface area contributed by atoms with E-state index in [2.05, 4.69) is 4.99 Å². The van der Waals surface area contributed by atoms with Gasteiger partial charge in [-0.1, -0.05) is 6.07 Å². The number of methoxy groups -OCH3 is 1. The first-order valence-electron chi connectivity index (χ1n) is 16.5. The Labute approximate surface area is 296 Å². The highest BCUT2D eigenvalue weighted by molar-refractivity contribution is 5.90. The Morgan fingerprint density at radius 2 is 1.94 bits per heavy atom. The van der Waals surface area contributed by atoms with E-state index in [9.17, 15) is 30.0 Å². The Morgan fingerprint density at radius 1 is 1.13 bits per heavy atom. The monoisotopic (exact) mass is 727 g/mol. The van der Waals surface area contributed by atoms with Crippen LogP contribution in [-0.4, -0.2) is 114 Å². The number of aliphatic imine (C=N–C) groups is 1. The van der Waals surface area contributed by atoms with E-state index >= 15 is 0 Å². The number of carboxylic acids is 1. The Balaban J connectivity index is 1.21. The number of nitrogens with two attached hydrogens (primary N) is 2. The third-order valence-electron chi connectivity index (χ3n) is 9.56. The van der Waals surface area contributed by atoms with Crippen molar-refractivity contribution in [2.24, 2.45) is 16.5 Å². The van der Waals surface area contributed by atoms with Crippen LogP contribution in [0.4, 0.5) is 0 Å². The molecule has 0 radical (unpaired) electrons. The first kappa shape index (κ1) is 35.6. The fraction of sp³-hybridized carbons (Fsp3) is 0.441. The highest BCUT2D eigenvalue weighted by Crippen LogP contribution is 2.57. The molecule has 10 N–H and O–H groups in total. The van der Waals surface area contributed by atoms with Crippen molar-refractivity contribution in [3.8, 4) is 28.7 Å². The summed E-state index contributed by atoms with van der Waals surface area (Å²) in [5.74, 6) is -1.23. The van der Waals surface area contributed by atoms with Crippen LogP contribution >= 0.6 is 0 Å². The number of aliphatic hydroxyl groups excluding tert-OH is 4. The van der Waals surface area contributed by atoms with Crippen molar-refractivity contribution in [2.45, 2.75) is 68.0 Å². The maximum atomic E-state index is 12.2. The molecule has 0 aliphatic carbocycles. The van der Waals surface area contributed by atoms with Gasteiger partial charge in [0, 0.05) is 34.5 Å². The maximum Gasteiger partial charge on any atom is 0.317 e. The quantitative estimate of drug-likeness (QED) is 0.0649. The highest BCUT2D eigenvalue weighted by Gasteiger charge is 2.51. The summed E-state index contributed by atoms with van der Waals surface area (Å²) in [7, 11) is 1.48. The molecule has 18 heteroatoms. The molecular weight excluding hydrogens is 688 g/mol. The molecule has 0 bridgehead atoms. The Kier molecular flexibility index (Phi) is 9.81. The molecule has 1 saturated heterocycles. The molecule has 7 rings (SSSR count). The van der Waals surface area contributed by atoms with Gasteiger partial charge < -0.3 is 70.2 Å². The average Bonchev–Trinajstić information content (AvgIpc) is 3.81. The predicted molar refractivity (Wildman–Crippen MR) is 175 cm³/mol. The number of nitrogens with zero attached hydrogens (tertiary/aromatic N) is 1. The summed E-state index contributed by atoms with van der Waals surface area (Å²) < 4.78 is 41.0. The molecule has 0 saturated carbocycles. The molecular formula is C34H39N4O14+. The number of carboxylic acid groups (broad SMARTS) is 1. The predicted octanol–water partition coefficient (Wildman–Crippen LogP) is -2.30. The summed E-state index contributed by atoms with van der Waals surface area (Å²) in [6.45, 7) is 0.756. The summed E-state index contributed by atoms with van der Waals surface area (Å²) in [6.07, 6.45) is -7.70. The maximum absolute atomic E-state index is 12.2. The molecule has 5 aliphatic heterocycles. The first-order valence-corrected chi connectivity index (χ1v) is 16.5. The number of carbonyl (C=O) groups is 2. The van der Waals surface area contributed by atoms with Gasteiger partial charge in [0.1, 0.15) is 73.4 Å². The number of hydrogen-bond acceptors (Lipinski definition) is 16. The Hall–Kier alpha value is -4.79. The molecule has 1 unspecified atom stereocenters. The standard InChI is InChI=1S/C34H38N4O14/c1-46-30-20(48-13-39)3-2-17-18-12-47-21-7-16(6-15(24(21)28(18)51-29(17)30)10-38-9-14-4-5-37-19(14)11-38)49-34-27(45)25(43)26(44)31(52-34)32(33(35)36)50-23(42)8-22(40)41/h2-7,11,18,25-28,31-34,39,43-45H,8-10,12-13,35-36H2,1H3,(H,40,41)/p+1/t18-,25-,26-,27+,28+,31-,32-,34+/m0/s1. The van der Waals surface area contributed by atoms with Crippen LogP contribution in [0, 0.1) is 0 Å². The molecule has 9 atom stereocenters. The molecule has 278 valence electrons. The van der Waals surface area contributed by atoms with Crippen LogP contribution in [0.15, 0.2) is 52.8 Å². The second kappa shape index (κ2) is 14.3. The molecule has 2 aromatic rings. The zero-order chi connectivity index (χ0) is 36.8. The number of hydrogen-bond donors (Lipinski definition) is 8. The number of benzene rings is 2. The third-order valence-corrected chi connectivity index (χ3v) is 9.56. The van der Waals surface area contributed by atoms with Crippen molar-refractivity contribution in [1.29, 1.82) is 0 Å². The second-order valence-electron chi connectivity index (χ2n) is 12.9. The highest BCUT2D eigenvalue weighted by atomic mass is 16.7. The third kappa shape index (κ3) is 6.54. The molecule has 18 nitrogen and oxygen atoms in total. The number of ether oxygens (including phenoxy) is 7. The Morgan fingerprint density at radius 3 is 2.65 bits per heavy atom. The van der Waals surface area contributed by atoms with Gasteiger partial charge in [-0.2, -0.15) is 0 Å². The summed E-state index contributed by atoms with van der Waals surface area (Å²) in [5, 5.41) is 50.9. The number of carbonyl (C=O) groups excluding carboxylic acids is 1. The number of aliphatic carboxylic acids is 1.